The summed E-state index contributed by atoms with van der Waals surface area (Å²) in [5.74, 6) is -2.23. The van der Waals surface area contributed by atoms with E-state index in [1.165, 1.54) is 12.1 Å². The summed E-state index contributed by atoms with van der Waals surface area (Å²) in [6, 6.07) is 12.5. The molecule has 2 rings (SSSR count). The maximum atomic E-state index is 13.5. The fourth-order valence-electron chi connectivity index (χ4n) is 2.42. The molecule has 26 heavy (non-hydrogen) atoms. The van der Waals surface area contributed by atoms with Crippen molar-refractivity contribution in [3.05, 3.63) is 65.5 Å². The highest BCUT2D eigenvalue weighted by atomic mass is 19.1. The molecule has 3 N–H and O–H groups in total. The fourth-order valence-corrected chi connectivity index (χ4v) is 2.42. The number of amides is 1. The number of alkyl carbamates (subject to hydrolysis) is 1. The van der Waals surface area contributed by atoms with Crippen molar-refractivity contribution in [2.75, 3.05) is 0 Å². The highest BCUT2D eigenvalue weighted by molar-refractivity contribution is 5.68. The smallest absolute Gasteiger partial charge is 0.407 e. The molecular formula is C19H20FNO5. The van der Waals surface area contributed by atoms with E-state index in [0.717, 1.165) is 11.6 Å². The Hall–Kier alpha value is -3.09. The van der Waals surface area contributed by atoms with Crippen molar-refractivity contribution < 1.29 is 28.9 Å². The molecular weight excluding hydrogens is 341 g/mol. The summed E-state index contributed by atoms with van der Waals surface area (Å²) < 4.78 is 18.6. The van der Waals surface area contributed by atoms with Gasteiger partial charge in [0.25, 0.3) is 0 Å². The minimum absolute atomic E-state index is 0.0894. The van der Waals surface area contributed by atoms with E-state index in [-0.39, 0.29) is 25.9 Å². The number of rotatable bonds is 8. The summed E-state index contributed by atoms with van der Waals surface area (Å²) in [6.07, 6.45) is -0.448. The van der Waals surface area contributed by atoms with Crippen LogP contribution < -0.4 is 5.32 Å². The number of aliphatic carboxylic acids is 1. The molecule has 138 valence electrons. The molecule has 2 aromatic rings. The van der Waals surface area contributed by atoms with Crippen LogP contribution in [0.5, 0.6) is 5.75 Å². The minimum atomic E-state index is -0.994. The predicted molar refractivity (Wildman–Crippen MR) is 92.2 cm³/mol. The first kappa shape index (κ1) is 19.2. The van der Waals surface area contributed by atoms with Crippen LogP contribution in [0.25, 0.3) is 0 Å². The number of halogens is 1. The zero-order valence-corrected chi connectivity index (χ0v) is 14.0. The first-order chi connectivity index (χ1) is 12.4. The topological polar surface area (TPSA) is 95.9 Å². The van der Waals surface area contributed by atoms with E-state index in [4.69, 9.17) is 9.84 Å². The molecule has 0 aromatic heterocycles. The third kappa shape index (κ3) is 6.43. The zero-order valence-electron chi connectivity index (χ0n) is 14.0. The van der Waals surface area contributed by atoms with Gasteiger partial charge in [0.2, 0.25) is 0 Å². The number of phenols is 1. The third-order valence-corrected chi connectivity index (χ3v) is 3.74. The second kappa shape index (κ2) is 9.41. The number of hydrogen-bond donors (Lipinski definition) is 3. The van der Waals surface area contributed by atoms with Gasteiger partial charge in [0.05, 0.1) is 0 Å². The van der Waals surface area contributed by atoms with Gasteiger partial charge in [0, 0.05) is 12.5 Å². The lowest BCUT2D eigenvalue weighted by atomic mass is 10.0. The summed E-state index contributed by atoms with van der Waals surface area (Å²) >= 11 is 0. The van der Waals surface area contributed by atoms with Gasteiger partial charge in [-0.05, 0) is 36.1 Å². The molecule has 0 bridgehead atoms. The third-order valence-electron chi connectivity index (χ3n) is 3.74. The summed E-state index contributed by atoms with van der Waals surface area (Å²) in [5, 5.41) is 20.7. The van der Waals surface area contributed by atoms with Crippen molar-refractivity contribution in [1.82, 2.24) is 5.32 Å². The number of carboxylic acid groups (broad SMARTS) is 1. The average Bonchev–Trinajstić information content (AvgIpc) is 2.62. The summed E-state index contributed by atoms with van der Waals surface area (Å²) in [6.45, 7) is 0.0894. The first-order valence-corrected chi connectivity index (χ1v) is 8.10. The standard InChI is InChI=1S/C19H20FNO5/c20-16-11-14(6-8-17(16)22)10-15(7-9-18(23)24)21-19(25)26-12-13-4-2-1-3-5-13/h1-6,8,11,15,22H,7,9-10,12H2,(H,21,25)(H,23,24). The van der Waals surface area contributed by atoms with Gasteiger partial charge in [-0.1, -0.05) is 36.4 Å². The van der Waals surface area contributed by atoms with Gasteiger partial charge in [0.1, 0.15) is 6.61 Å². The molecule has 0 aliphatic carbocycles. The molecule has 0 aliphatic heterocycles. The molecule has 0 heterocycles. The van der Waals surface area contributed by atoms with Crippen LogP contribution >= 0.6 is 0 Å². The second-order valence-electron chi connectivity index (χ2n) is 5.83. The lowest BCUT2D eigenvalue weighted by molar-refractivity contribution is -0.137. The van der Waals surface area contributed by atoms with E-state index >= 15 is 0 Å². The number of carbonyl (C=O) groups excluding carboxylic acids is 1. The van der Waals surface area contributed by atoms with Crippen LogP contribution in [0.4, 0.5) is 9.18 Å². The van der Waals surface area contributed by atoms with Crippen LogP contribution in [0.1, 0.15) is 24.0 Å². The van der Waals surface area contributed by atoms with Crippen molar-refractivity contribution in [3.63, 3.8) is 0 Å². The van der Waals surface area contributed by atoms with E-state index in [1.54, 1.807) is 0 Å². The van der Waals surface area contributed by atoms with Crippen molar-refractivity contribution in [3.8, 4) is 5.75 Å². The van der Waals surface area contributed by atoms with Crippen molar-refractivity contribution in [1.29, 1.82) is 0 Å². The Labute approximate surface area is 150 Å². The van der Waals surface area contributed by atoms with Crippen LogP contribution in [0, 0.1) is 5.82 Å². The molecule has 0 saturated carbocycles. The van der Waals surface area contributed by atoms with Crippen molar-refractivity contribution >= 4 is 12.1 Å². The Morgan fingerprint density at radius 1 is 1.12 bits per heavy atom. The highest BCUT2D eigenvalue weighted by Crippen LogP contribution is 2.18. The van der Waals surface area contributed by atoms with Crippen LogP contribution in [0.3, 0.4) is 0 Å². The molecule has 1 unspecified atom stereocenters. The number of ether oxygens (including phenoxy) is 1. The number of nitrogens with one attached hydrogen (secondary N) is 1. The zero-order chi connectivity index (χ0) is 18.9. The molecule has 1 atom stereocenters. The molecule has 6 nitrogen and oxygen atoms in total. The predicted octanol–water partition coefficient (Wildman–Crippen LogP) is 3.23. The number of carbonyl (C=O) groups is 2. The van der Waals surface area contributed by atoms with Crippen LogP contribution in [0.2, 0.25) is 0 Å². The van der Waals surface area contributed by atoms with Crippen LogP contribution in [0.15, 0.2) is 48.5 Å². The monoisotopic (exact) mass is 361 g/mol. The Bertz CT molecular complexity index is 751. The summed E-state index contributed by atoms with van der Waals surface area (Å²) in [5.41, 5.74) is 1.35. The number of hydrogen-bond acceptors (Lipinski definition) is 4. The van der Waals surface area contributed by atoms with Gasteiger partial charge in [-0.2, -0.15) is 0 Å². The quantitative estimate of drug-likeness (QED) is 0.671. The molecule has 0 radical (unpaired) electrons. The fraction of sp³-hybridized carbons (Fsp3) is 0.263. The molecule has 0 saturated heterocycles. The highest BCUT2D eigenvalue weighted by Gasteiger charge is 2.16. The lowest BCUT2D eigenvalue weighted by Crippen LogP contribution is -2.37. The Morgan fingerprint density at radius 3 is 2.50 bits per heavy atom. The Balaban J connectivity index is 1.95. The van der Waals surface area contributed by atoms with Crippen molar-refractivity contribution in [2.24, 2.45) is 0 Å². The largest absolute Gasteiger partial charge is 0.505 e. The molecule has 0 fully saturated rings. The van der Waals surface area contributed by atoms with Gasteiger partial charge in [0.15, 0.2) is 11.6 Å². The van der Waals surface area contributed by atoms with Crippen LogP contribution in [-0.2, 0) is 22.6 Å². The SMILES string of the molecule is O=C(O)CCC(Cc1ccc(O)c(F)c1)NC(=O)OCc1ccccc1. The summed E-state index contributed by atoms with van der Waals surface area (Å²) in [4.78, 5) is 22.8. The number of carboxylic acids is 1. The average molecular weight is 361 g/mol. The molecule has 1 amide bonds. The van der Waals surface area contributed by atoms with Crippen LogP contribution in [-0.4, -0.2) is 28.3 Å². The van der Waals surface area contributed by atoms with Gasteiger partial charge in [-0.15, -0.1) is 0 Å². The summed E-state index contributed by atoms with van der Waals surface area (Å²) in [7, 11) is 0. The molecule has 0 spiro atoms. The Morgan fingerprint density at radius 2 is 1.85 bits per heavy atom. The van der Waals surface area contributed by atoms with E-state index in [9.17, 15) is 19.1 Å². The normalized spacial score (nSPS) is 11.6. The maximum Gasteiger partial charge on any atom is 0.407 e. The van der Waals surface area contributed by atoms with Gasteiger partial charge >= 0.3 is 12.1 Å². The molecule has 7 heteroatoms. The van der Waals surface area contributed by atoms with Crippen molar-refractivity contribution in [2.45, 2.75) is 31.9 Å². The van der Waals surface area contributed by atoms with Gasteiger partial charge < -0.3 is 20.3 Å². The van der Waals surface area contributed by atoms with Gasteiger partial charge in [-0.3, -0.25) is 4.79 Å². The molecule has 2 aromatic carbocycles. The Kier molecular flexibility index (Phi) is 6.96. The van der Waals surface area contributed by atoms with E-state index < -0.39 is 29.7 Å². The number of phenolic OH excluding ortho intramolecular Hbond substituents is 1. The van der Waals surface area contributed by atoms with Gasteiger partial charge in [-0.25, -0.2) is 9.18 Å². The molecule has 0 aliphatic rings. The minimum Gasteiger partial charge on any atom is -0.505 e. The maximum absolute atomic E-state index is 13.5. The van der Waals surface area contributed by atoms with E-state index in [1.807, 2.05) is 30.3 Å². The lowest BCUT2D eigenvalue weighted by Gasteiger charge is -2.18. The first-order valence-electron chi connectivity index (χ1n) is 8.10. The number of aromatic hydroxyl groups is 1. The number of benzene rings is 2. The van der Waals surface area contributed by atoms with E-state index in [0.29, 0.717) is 5.56 Å². The van der Waals surface area contributed by atoms with E-state index in [2.05, 4.69) is 5.32 Å². The second-order valence-corrected chi connectivity index (χ2v) is 5.83.